The Kier molecular flexibility index (Phi) is 2.28. The van der Waals surface area contributed by atoms with Crippen molar-refractivity contribution in [3.05, 3.63) is 34.6 Å². The van der Waals surface area contributed by atoms with Crippen LogP contribution in [0, 0.1) is 11.6 Å². The Labute approximate surface area is 85.9 Å². The first-order valence-corrected chi connectivity index (χ1v) is 4.41. The molecule has 0 radical (unpaired) electrons. The lowest BCUT2D eigenvalue weighted by Crippen LogP contribution is -1.86. The van der Waals surface area contributed by atoms with Crippen LogP contribution in [-0.4, -0.2) is 10.1 Å². The molecule has 0 aliphatic rings. The molecule has 6 heteroatoms. The van der Waals surface area contributed by atoms with E-state index in [-0.39, 0.29) is 16.2 Å². The van der Waals surface area contributed by atoms with Crippen molar-refractivity contribution in [3.63, 3.8) is 0 Å². The monoisotopic (exact) mass is 260 g/mol. The van der Waals surface area contributed by atoms with E-state index in [0.29, 0.717) is 0 Å². The summed E-state index contributed by atoms with van der Waals surface area (Å²) in [6, 6.07) is 3.02. The Hall–Kier alpha value is -1.30. The van der Waals surface area contributed by atoms with Gasteiger partial charge < -0.3 is 4.52 Å². The molecule has 72 valence electrons. The SMILES string of the molecule is Fc1ccc(F)c(-c2nc(Br)no2)c1. The van der Waals surface area contributed by atoms with Gasteiger partial charge in [-0.15, -0.1) is 0 Å². The topological polar surface area (TPSA) is 38.9 Å². The maximum Gasteiger partial charge on any atom is 0.261 e. The van der Waals surface area contributed by atoms with Crippen molar-refractivity contribution in [2.24, 2.45) is 0 Å². The third-order valence-electron chi connectivity index (χ3n) is 1.56. The minimum Gasteiger partial charge on any atom is -0.333 e. The van der Waals surface area contributed by atoms with E-state index in [9.17, 15) is 8.78 Å². The van der Waals surface area contributed by atoms with E-state index in [2.05, 4.69) is 30.6 Å². The highest BCUT2D eigenvalue weighted by molar-refractivity contribution is 9.10. The van der Waals surface area contributed by atoms with E-state index in [0.717, 1.165) is 18.2 Å². The number of rotatable bonds is 1. The van der Waals surface area contributed by atoms with E-state index in [1.54, 1.807) is 0 Å². The van der Waals surface area contributed by atoms with Gasteiger partial charge in [0.1, 0.15) is 11.6 Å². The molecule has 0 unspecified atom stereocenters. The first-order chi connectivity index (χ1) is 6.66. The summed E-state index contributed by atoms with van der Waals surface area (Å²) in [5.41, 5.74) is -0.0526. The first kappa shape index (κ1) is 9.26. The van der Waals surface area contributed by atoms with E-state index in [1.807, 2.05) is 0 Å². The van der Waals surface area contributed by atoms with Gasteiger partial charge in [-0.25, -0.2) is 8.78 Å². The minimum absolute atomic E-state index is 0.0526. The van der Waals surface area contributed by atoms with Crippen molar-refractivity contribution < 1.29 is 13.3 Å². The molecule has 1 aromatic carbocycles. The van der Waals surface area contributed by atoms with Gasteiger partial charge in [-0.2, -0.15) is 4.98 Å². The number of halogens is 3. The summed E-state index contributed by atoms with van der Waals surface area (Å²) in [7, 11) is 0. The molecule has 0 fully saturated rings. The van der Waals surface area contributed by atoms with Gasteiger partial charge in [0.2, 0.25) is 4.73 Å². The molecule has 0 saturated carbocycles. The molecule has 2 rings (SSSR count). The van der Waals surface area contributed by atoms with E-state index < -0.39 is 11.6 Å². The van der Waals surface area contributed by atoms with Crippen molar-refractivity contribution in [1.29, 1.82) is 0 Å². The lowest BCUT2D eigenvalue weighted by molar-refractivity contribution is 0.423. The summed E-state index contributed by atoms with van der Waals surface area (Å²) in [4.78, 5) is 3.72. The molecule has 0 aliphatic carbocycles. The second-order valence-electron chi connectivity index (χ2n) is 2.49. The average Bonchev–Trinajstić information content (AvgIpc) is 2.56. The Morgan fingerprint density at radius 3 is 2.71 bits per heavy atom. The summed E-state index contributed by atoms with van der Waals surface area (Å²) in [6.45, 7) is 0. The van der Waals surface area contributed by atoms with Crippen molar-refractivity contribution in [2.75, 3.05) is 0 Å². The molecule has 0 saturated heterocycles. The Bertz CT molecular complexity index is 472. The van der Waals surface area contributed by atoms with Gasteiger partial charge in [-0.05, 0) is 39.3 Å². The zero-order valence-corrected chi connectivity index (χ0v) is 8.25. The third kappa shape index (κ3) is 1.65. The molecule has 0 bridgehead atoms. The molecular formula is C8H3BrF2N2O. The zero-order valence-electron chi connectivity index (χ0n) is 6.67. The van der Waals surface area contributed by atoms with Gasteiger partial charge in [0.15, 0.2) is 0 Å². The van der Waals surface area contributed by atoms with Crippen LogP contribution >= 0.6 is 15.9 Å². The Morgan fingerprint density at radius 2 is 2.07 bits per heavy atom. The smallest absolute Gasteiger partial charge is 0.261 e. The van der Waals surface area contributed by atoms with Gasteiger partial charge in [0.05, 0.1) is 5.56 Å². The summed E-state index contributed by atoms with van der Waals surface area (Å²) >= 11 is 2.94. The van der Waals surface area contributed by atoms with Crippen LogP contribution in [0.4, 0.5) is 8.78 Å². The molecule has 1 aromatic heterocycles. The lowest BCUT2D eigenvalue weighted by atomic mass is 10.2. The second kappa shape index (κ2) is 3.45. The van der Waals surface area contributed by atoms with Crippen LogP contribution < -0.4 is 0 Å². The van der Waals surface area contributed by atoms with E-state index in [4.69, 9.17) is 0 Å². The summed E-state index contributed by atoms with van der Waals surface area (Å²) in [6.07, 6.45) is 0. The van der Waals surface area contributed by atoms with Gasteiger partial charge in [-0.1, -0.05) is 0 Å². The lowest BCUT2D eigenvalue weighted by Gasteiger charge is -1.96. The van der Waals surface area contributed by atoms with Gasteiger partial charge in [0, 0.05) is 0 Å². The predicted octanol–water partition coefficient (Wildman–Crippen LogP) is 2.78. The number of nitrogens with zero attached hydrogens (tertiary/aromatic N) is 2. The molecule has 0 amide bonds. The number of hydrogen-bond acceptors (Lipinski definition) is 3. The zero-order chi connectivity index (χ0) is 10.1. The van der Waals surface area contributed by atoms with Crippen LogP contribution in [0.25, 0.3) is 11.5 Å². The van der Waals surface area contributed by atoms with E-state index >= 15 is 0 Å². The molecule has 1 heterocycles. The molecular weight excluding hydrogens is 258 g/mol. The maximum absolute atomic E-state index is 13.2. The molecule has 0 aliphatic heterocycles. The van der Waals surface area contributed by atoms with Crippen molar-refractivity contribution in [1.82, 2.24) is 10.1 Å². The fourth-order valence-electron chi connectivity index (χ4n) is 0.976. The molecule has 0 spiro atoms. The number of benzene rings is 1. The quantitative estimate of drug-likeness (QED) is 0.792. The highest BCUT2D eigenvalue weighted by Crippen LogP contribution is 2.22. The molecule has 3 nitrogen and oxygen atoms in total. The van der Waals surface area contributed by atoms with Crippen LogP contribution in [0.3, 0.4) is 0 Å². The van der Waals surface area contributed by atoms with Crippen LogP contribution in [-0.2, 0) is 0 Å². The van der Waals surface area contributed by atoms with Crippen molar-refractivity contribution >= 4 is 15.9 Å². The van der Waals surface area contributed by atoms with Gasteiger partial charge >= 0.3 is 0 Å². The molecule has 0 N–H and O–H groups in total. The standard InChI is InChI=1S/C8H3BrF2N2O/c9-8-12-7(14-13-8)5-3-4(10)1-2-6(5)11/h1-3H. The Balaban J connectivity index is 2.55. The third-order valence-corrected chi connectivity index (χ3v) is 1.88. The molecule has 0 atom stereocenters. The molecule has 2 aromatic rings. The minimum atomic E-state index is -0.609. The largest absolute Gasteiger partial charge is 0.333 e. The fraction of sp³-hybridized carbons (Fsp3) is 0. The first-order valence-electron chi connectivity index (χ1n) is 3.61. The summed E-state index contributed by atoms with van der Waals surface area (Å²) in [5, 5.41) is 3.41. The van der Waals surface area contributed by atoms with E-state index in [1.165, 1.54) is 0 Å². The number of hydrogen-bond donors (Lipinski definition) is 0. The van der Waals surface area contributed by atoms with Crippen LogP contribution in [0.1, 0.15) is 0 Å². The predicted molar refractivity (Wildman–Crippen MR) is 47.4 cm³/mol. The van der Waals surface area contributed by atoms with Crippen LogP contribution in [0.15, 0.2) is 27.5 Å². The van der Waals surface area contributed by atoms with Crippen LogP contribution in [0.5, 0.6) is 0 Å². The Morgan fingerprint density at radius 1 is 1.29 bits per heavy atom. The van der Waals surface area contributed by atoms with Crippen molar-refractivity contribution in [3.8, 4) is 11.5 Å². The number of aromatic nitrogens is 2. The second-order valence-corrected chi connectivity index (χ2v) is 3.20. The molecule has 14 heavy (non-hydrogen) atoms. The average molecular weight is 261 g/mol. The van der Waals surface area contributed by atoms with Crippen LogP contribution in [0.2, 0.25) is 0 Å². The van der Waals surface area contributed by atoms with Gasteiger partial charge in [-0.3, -0.25) is 0 Å². The van der Waals surface area contributed by atoms with Gasteiger partial charge in [0.25, 0.3) is 5.89 Å². The summed E-state index contributed by atoms with van der Waals surface area (Å²) in [5.74, 6) is -1.23. The highest BCUT2D eigenvalue weighted by atomic mass is 79.9. The summed E-state index contributed by atoms with van der Waals surface area (Å²) < 4.78 is 30.8. The highest BCUT2D eigenvalue weighted by Gasteiger charge is 2.12. The normalized spacial score (nSPS) is 10.5. The maximum atomic E-state index is 13.2. The van der Waals surface area contributed by atoms with Crippen molar-refractivity contribution in [2.45, 2.75) is 0 Å². The fourth-order valence-corrected chi connectivity index (χ4v) is 1.21.